The highest BCUT2D eigenvalue weighted by Crippen LogP contribution is 2.05. The third-order valence-electron chi connectivity index (χ3n) is 3.05. The zero-order valence-corrected chi connectivity index (χ0v) is 11.1. The van der Waals surface area contributed by atoms with E-state index in [1.165, 1.54) is 0 Å². The summed E-state index contributed by atoms with van der Waals surface area (Å²) in [5.74, 6) is 0.365. The molecule has 5 nitrogen and oxygen atoms in total. The lowest BCUT2D eigenvalue weighted by atomic mass is 10.2. The van der Waals surface area contributed by atoms with E-state index >= 15 is 0 Å². The molecule has 1 aliphatic rings. The maximum absolute atomic E-state index is 11.7. The van der Waals surface area contributed by atoms with E-state index < -0.39 is 0 Å². The van der Waals surface area contributed by atoms with Crippen molar-refractivity contribution in [1.82, 2.24) is 14.7 Å². The van der Waals surface area contributed by atoms with Crippen molar-refractivity contribution < 1.29 is 9.59 Å². The van der Waals surface area contributed by atoms with Gasteiger partial charge in [-0.25, -0.2) is 0 Å². The predicted molar refractivity (Wildman–Crippen MR) is 66.6 cm³/mol. The Morgan fingerprint density at radius 2 is 1.71 bits per heavy atom. The van der Waals surface area contributed by atoms with E-state index in [0.717, 1.165) is 32.6 Å². The molecule has 98 valence electrons. The van der Waals surface area contributed by atoms with Crippen LogP contribution in [0.5, 0.6) is 0 Å². The second kappa shape index (κ2) is 6.59. The fourth-order valence-corrected chi connectivity index (χ4v) is 1.86. The molecule has 0 aromatic heterocycles. The quantitative estimate of drug-likeness (QED) is 0.697. The Balaban J connectivity index is 2.31. The number of hydrogen-bond acceptors (Lipinski definition) is 3. The molecule has 1 fully saturated rings. The summed E-state index contributed by atoms with van der Waals surface area (Å²) >= 11 is 0. The average molecular weight is 241 g/mol. The van der Waals surface area contributed by atoms with Gasteiger partial charge in [0, 0.05) is 46.7 Å². The minimum Gasteiger partial charge on any atom is -0.348 e. The molecule has 0 bridgehead atoms. The summed E-state index contributed by atoms with van der Waals surface area (Å²) in [6.45, 7) is 5.58. The number of likely N-dealkylation sites (N-methyl/N-ethyl adjacent to an activating group) is 1. The number of carbonyl (C=O) groups is 2. The lowest BCUT2D eigenvalue weighted by molar-refractivity contribution is -0.134. The molecule has 0 aromatic rings. The maximum atomic E-state index is 11.7. The van der Waals surface area contributed by atoms with Crippen LogP contribution in [-0.2, 0) is 9.59 Å². The predicted octanol–water partition coefficient (Wildman–Crippen LogP) is 0.0189. The summed E-state index contributed by atoms with van der Waals surface area (Å²) in [5.41, 5.74) is 0. The monoisotopic (exact) mass is 241 g/mol. The molecule has 17 heavy (non-hydrogen) atoms. The third-order valence-corrected chi connectivity index (χ3v) is 3.05. The molecule has 0 spiro atoms. The van der Waals surface area contributed by atoms with Gasteiger partial charge in [0.2, 0.25) is 11.8 Å². The molecule has 1 saturated heterocycles. The molecule has 2 amide bonds. The van der Waals surface area contributed by atoms with Crippen molar-refractivity contribution in [1.29, 1.82) is 0 Å². The Labute approximate surface area is 103 Å². The molecule has 1 aliphatic heterocycles. The molecule has 0 saturated carbocycles. The summed E-state index contributed by atoms with van der Waals surface area (Å²) in [5, 5.41) is 0. The first-order valence-corrected chi connectivity index (χ1v) is 6.25. The van der Waals surface area contributed by atoms with Crippen molar-refractivity contribution in [2.45, 2.75) is 19.8 Å². The van der Waals surface area contributed by atoms with Crippen LogP contribution in [0.2, 0.25) is 0 Å². The van der Waals surface area contributed by atoms with E-state index in [0.29, 0.717) is 13.0 Å². The number of hydrogen-bond donors (Lipinski definition) is 0. The van der Waals surface area contributed by atoms with E-state index in [1.807, 2.05) is 11.8 Å². The van der Waals surface area contributed by atoms with Crippen molar-refractivity contribution in [3.05, 3.63) is 0 Å². The molecule has 0 aliphatic carbocycles. The third kappa shape index (κ3) is 4.34. The summed E-state index contributed by atoms with van der Waals surface area (Å²) in [7, 11) is 3.53. The Morgan fingerprint density at radius 1 is 1.12 bits per heavy atom. The lowest BCUT2D eigenvalue weighted by Crippen LogP contribution is -2.50. The summed E-state index contributed by atoms with van der Waals surface area (Å²) < 4.78 is 0. The summed E-state index contributed by atoms with van der Waals surface area (Å²) in [6, 6.07) is 0. The van der Waals surface area contributed by atoms with Gasteiger partial charge in [0.05, 0.1) is 6.54 Å². The van der Waals surface area contributed by atoms with Crippen molar-refractivity contribution in [2.24, 2.45) is 0 Å². The molecule has 1 heterocycles. The van der Waals surface area contributed by atoms with Crippen molar-refractivity contribution in [3.63, 3.8) is 0 Å². The number of nitrogens with zero attached hydrogens (tertiary/aromatic N) is 3. The molecule has 0 radical (unpaired) electrons. The van der Waals surface area contributed by atoms with Crippen LogP contribution in [-0.4, -0.2) is 73.3 Å². The molecule has 0 aromatic carbocycles. The molecule has 0 atom stereocenters. The molecular formula is C12H23N3O2. The SMILES string of the molecule is CCCC(=O)N1CCN(CC(=O)N(C)C)CC1. The fraction of sp³-hybridized carbons (Fsp3) is 0.833. The van der Waals surface area contributed by atoms with Crippen LogP contribution < -0.4 is 0 Å². The Hall–Kier alpha value is -1.10. The fourth-order valence-electron chi connectivity index (χ4n) is 1.86. The largest absolute Gasteiger partial charge is 0.348 e. The van der Waals surface area contributed by atoms with Gasteiger partial charge in [0.15, 0.2) is 0 Å². The van der Waals surface area contributed by atoms with E-state index in [-0.39, 0.29) is 11.8 Å². The van der Waals surface area contributed by atoms with Crippen LogP contribution in [0.25, 0.3) is 0 Å². The number of amides is 2. The molecule has 1 rings (SSSR count). The van der Waals surface area contributed by atoms with Crippen molar-refractivity contribution in [2.75, 3.05) is 46.8 Å². The van der Waals surface area contributed by atoms with Gasteiger partial charge in [0.1, 0.15) is 0 Å². The van der Waals surface area contributed by atoms with Crippen LogP contribution >= 0.6 is 0 Å². The molecular weight excluding hydrogens is 218 g/mol. The first-order chi connectivity index (χ1) is 8.04. The number of piperazine rings is 1. The molecule has 0 unspecified atom stereocenters. The molecule has 0 N–H and O–H groups in total. The standard InChI is InChI=1S/C12H23N3O2/c1-4-5-11(16)15-8-6-14(7-9-15)10-12(17)13(2)3/h4-10H2,1-3H3. The highest BCUT2D eigenvalue weighted by molar-refractivity contribution is 5.78. The second-order valence-corrected chi connectivity index (χ2v) is 4.70. The lowest BCUT2D eigenvalue weighted by Gasteiger charge is -2.34. The Morgan fingerprint density at radius 3 is 2.18 bits per heavy atom. The van der Waals surface area contributed by atoms with Gasteiger partial charge < -0.3 is 9.80 Å². The zero-order chi connectivity index (χ0) is 12.8. The average Bonchev–Trinajstić information content (AvgIpc) is 2.30. The first kappa shape index (κ1) is 14.0. The van der Waals surface area contributed by atoms with Crippen LogP contribution in [0.4, 0.5) is 0 Å². The van der Waals surface area contributed by atoms with Crippen LogP contribution in [0, 0.1) is 0 Å². The van der Waals surface area contributed by atoms with Crippen molar-refractivity contribution in [3.8, 4) is 0 Å². The Bertz CT molecular complexity index is 271. The van der Waals surface area contributed by atoms with Gasteiger partial charge in [-0.1, -0.05) is 6.92 Å². The number of carbonyl (C=O) groups excluding carboxylic acids is 2. The minimum absolute atomic E-state index is 0.123. The van der Waals surface area contributed by atoms with Crippen LogP contribution in [0.1, 0.15) is 19.8 Å². The second-order valence-electron chi connectivity index (χ2n) is 4.70. The normalized spacial score (nSPS) is 17.0. The van der Waals surface area contributed by atoms with Crippen molar-refractivity contribution >= 4 is 11.8 Å². The van der Waals surface area contributed by atoms with Gasteiger partial charge in [-0.3, -0.25) is 14.5 Å². The maximum Gasteiger partial charge on any atom is 0.236 e. The van der Waals surface area contributed by atoms with Crippen LogP contribution in [0.15, 0.2) is 0 Å². The highest BCUT2D eigenvalue weighted by atomic mass is 16.2. The minimum atomic E-state index is 0.123. The molecule has 5 heteroatoms. The van der Waals surface area contributed by atoms with Gasteiger partial charge >= 0.3 is 0 Å². The Kier molecular flexibility index (Phi) is 5.41. The highest BCUT2D eigenvalue weighted by Gasteiger charge is 2.21. The van der Waals surface area contributed by atoms with Gasteiger partial charge in [-0.2, -0.15) is 0 Å². The topological polar surface area (TPSA) is 43.9 Å². The van der Waals surface area contributed by atoms with E-state index in [4.69, 9.17) is 0 Å². The van der Waals surface area contributed by atoms with E-state index in [2.05, 4.69) is 4.90 Å². The summed E-state index contributed by atoms with van der Waals surface area (Å²) in [6.07, 6.45) is 1.54. The van der Waals surface area contributed by atoms with E-state index in [1.54, 1.807) is 19.0 Å². The summed E-state index contributed by atoms with van der Waals surface area (Å²) in [4.78, 5) is 28.8. The number of rotatable bonds is 4. The van der Waals surface area contributed by atoms with Gasteiger partial charge in [-0.05, 0) is 6.42 Å². The zero-order valence-electron chi connectivity index (χ0n) is 11.1. The van der Waals surface area contributed by atoms with Crippen LogP contribution in [0.3, 0.4) is 0 Å². The first-order valence-electron chi connectivity index (χ1n) is 6.25. The van der Waals surface area contributed by atoms with Gasteiger partial charge in [-0.15, -0.1) is 0 Å². The smallest absolute Gasteiger partial charge is 0.236 e. The van der Waals surface area contributed by atoms with E-state index in [9.17, 15) is 9.59 Å². The van der Waals surface area contributed by atoms with Gasteiger partial charge in [0.25, 0.3) is 0 Å².